The van der Waals surface area contributed by atoms with Crippen molar-refractivity contribution >= 4 is 11.7 Å². The SMILES string of the molecule is COc1ccc(C[C@]2(C)NC(=O)N(c3ccc(F)cc3)N2)cc1. The molecule has 120 valence electrons. The summed E-state index contributed by atoms with van der Waals surface area (Å²) >= 11 is 0. The van der Waals surface area contributed by atoms with Crippen LogP contribution in [0.2, 0.25) is 0 Å². The average Bonchev–Trinajstić information content (AvgIpc) is 2.83. The molecule has 0 saturated carbocycles. The van der Waals surface area contributed by atoms with Crippen LogP contribution in [0.4, 0.5) is 14.9 Å². The number of benzene rings is 2. The van der Waals surface area contributed by atoms with Crippen molar-refractivity contribution in [2.45, 2.75) is 19.0 Å². The Morgan fingerprint density at radius 2 is 1.78 bits per heavy atom. The molecule has 0 aromatic heterocycles. The van der Waals surface area contributed by atoms with E-state index in [1.165, 1.54) is 17.1 Å². The Morgan fingerprint density at radius 1 is 1.13 bits per heavy atom. The lowest BCUT2D eigenvalue weighted by molar-refractivity contribution is 0.247. The number of urea groups is 1. The summed E-state index contributed by atoms with van der Waals surface area (Å²) in [4.78, 5) is 12.2. The van der Waals surface area contributed by atoms with Gasteiger partial charge in [-0.25, -0.2) is 19.6 Å². The third kappa shape index (κ3) is 3.27. The molecule has 1 aliphatic rings. The Balaban J connectivity index is 1.75. The van der Waals surface area contributed by atoms with Crippen molar-refractivity contribution < 1.29 is 13.9 Å². The first-order valence-corrected chi connectivity index (χ1v) is 7.28. The van der Waals surface area contributed by atoms with Gasteiger partial charge < -0.3 is 10.1 Å². The summed E-state index contributed by atoms with van der Waals surface area (Å²) in [5, 5.41) is 4.31. The maximum absolute atomic E-state index is 13.0. The van der Waals surface area contributed by atoms with Crippen LogP contribution in [0.15, 0.2) is 48.5 Å². The minimum absolute atomic E-state index is 0.271. The highest BCUT2D eigenvalue weighted by Gasteiger charge is 2.38. The highest BCUT2D eigenvalue weighted by molar-refractivity contribution is 5.93. The fourth-order valence-electron chi connectivity index (χ4n) is 2.62. The van der Waals surface area contributed by atoms with E-state index in [0.29, 0.717) is 12.1 Å². The first kappa shape index (κ1) is 15.3. The molecule has 1 atom stereocenters. The molecule has 1 fully saturated rings. The fraction of sp³-hybridized carbons (Fsp3) is 0.235. The Bertz CT molecular complexity index is 703. The Labute approximate surface area is 134 Å². The Morgan fingerprint density at radius 3 is 2.39 bits per heavy atom. The zero-order chi connectivity index (χ0) is 16.4. The van der Waals surface area contributed by atoms with Crippen LogP contribution in [0.1, 0.15) is 12.5 Å². The number of rotatable bonds is 4. The van der Waals surface area contributed by atoms with E-state index in [0.717, 1.165) is 11.3 Å². The number of hydrazine groups is 1. The summed E-state index contributed by atoms with van der Waals surface area (Å²) in [5.41, 5.74) is 4.17. The number of hydrogen-bond donors (Lipinski definition) is 2. The second kappa shape index (κ2) is 5.89. The van der Waals surface area contributed by atoms with Crippen molar-refractivity contribution in [2.75, 3.05) is 12.1 Å². The van der Waals surface area contributed by atoms with Crippen LogP contribution >= 0.6 is 0 Å². The molecule has 0 unspecified atom stereocenters. The molecule has 2 aromatic rings. The van der Waals surface area contributed by atoms with Crippen molar-refractivity contribution in [3.63, 3.8) is 0 Å². The number of nitrogens with one attached hydrogen (secondary N) is 2. The normalized spacial score (nSPS) is 20.5. The molecule has 0 radical (unpaired) electrons. The molecule has 1 saturated heterocycles. The predicted octanol–water partition coefficient (Wildman–Crippen LogP) is 2.83. The highest BCUT2D eigenvalue weighted by atomic mass is 19.1. The van der Waals surface area contributed by atoms with Gasteiger partial charge in [0.1, 0.15) is 17.2 Å². The van der Waals surface area contributed by atoms with Gasteiger partial charge >= 0.3 is 6.03 Å². The van der Waals surface area contributed by atoms with E-state index < -0.39 is 5.66 Å². The molecule has 1 heterocycles. The molecule has 0 aliphatic carbocycles. The van der Waals surface area contributed by atoms with Gasteiger partial charge in [0.25, 0.3) is 0 Å². The number of carbonyl (C=O) groups is 1. The molecular weight excluding hydrogens is 297 g/mol. The predicted molar refractivity (Wildman–Crippen MR) is 85.6 cm³/mol. The van der Waals surface area contributed by atoms with E-state index in [9.17, 15) is 9.18 Å². The van der Waals surface area contributed by atoms with Crippen LogP contribution in [-0.4, -0.2) is 18.8 Å². The van der Waals surface area contributed by atoms with Crippen LogP contribution < -0.4 is 20.5 Å². The number of amides is 2. The smallest absolute Gasteiger partial charge is 0.338 e. The van der Waals surface area contributed by atoms with E-state index in [2.05, 4.69) is 10.7 Å². The van der Waals surface area contributed by atoms with Gasteiger partial charge in [0.05, 0.1) is 12.8 Å². The topological polar surface area (TPSA) is 53.6 Å². The fourth-order valence-corrected chi connectivity index (χ4v) is 2.62. The Hall–Kier alpha value is -2.60. The van der Waals surface area contributed by atoms with Gasteiger partial charge in [-0.1, -0.05) is 12.1 Å². The van der Waals surface area contributed by atoms with Gasteiger partial charge in [0, 0.05) is 6.42 Å². The van der Waals surface area contributed by atoms with Gasteiger partial charge in [0.15, 0.2) is 0 Å². The second-order valence-corrected chi connectivity index (χ2v) is 5.71. The second-order valence-electron chi connectivity index (χ2n) is 5.71. The third-order valence-electron chi connectivity index (χ3n) is 3.75. The standard InChI is InChI=1S/C17H18FN3O2/c1-17(11-12-3-9-15(23-2)10-4-12)19-16(22)21(20-17)14-7-5-13(18)6-8-14/h3-10,20H,11H2,1-2H3,(H,19,22)/t17-/m1/s1. The van der Waals surface area contributed by atoms with E-state index in [1.807, 2.05) is 31.2 Å². The van der Waals surface area contributed by atoms with E-state index in [-0.39, 0.29) is 11.8 Å². The summed E-state index contributed by atoms with van der Waals surface area (Å²) < 4.78 is 18.2. The van der Waals surface area contributed by atoms with Crippen molar-refractivity contribution in [1.82, 2.24) is 10.7 Å². The van der Waals surface area contributed by atoms with Crippen LogP contribution in [0, 0.1) is 5.82 Å². The lowest BCUT2D eigenvalue weighted by Crippen LogP contribution is -2.50. The zero-order valence-corrected chi connectivity index (χ0v) is 13.0. The van der Waals surface area contributed by atoms with Gasteiger partial charge in [-0.2, -0.15) is 0 Å². The van der Waals surface area contributed by atoms with Crippen molar-refractivity contribution in [1.29, 1.82) is 0 Å². The molecule has 1 aliphatic heterocycles. The van der Waals surface area contributed by atoms with E-state index >= 15 is 0 Å². The third-order valence-corrected chi connectivity index (χ3v) is 3.75. The lowest BCUT2D eigenvalue weighted by Gasteiger charge is -2.25. The average molecular weight is 315 g/mol. The minimum atomic E-state index is -0.625. The van der Waals surface area contributed by atoms with Crippen LogP contribution in [0.25, 0.3) is 0 Å². The Kier molecular flexibility index (Phi) is 3.92. The number of ether oxygens (including phenoxy) is 1. The summed E-state index contributed by atoms with van der Waals surface area (Å²) in [5.74, 6) is 0.449. The van der Waals surface area contributed by atoms with Gasteiger partial charge in [-0.05, 0) is 48.9 Å². The molecule has 6 heteroatoms. The molecule has 2 aromatic carbocycles. The molecule has 2 N–H and O–H groups in total. The first-order valence-electron chi connectivity index (χ1n) is 7.28. The number of methoxy groups -OCH3 is 1. The first-order chi connectivity index (χ1) is 11.0. The summed E-state index contributed by atoms with van der Waals surface area (Å²) in [7, 11) is 1.62. The van der Waals surface area contributed by atoms with E-state index in [4.69, 9.17) is 4.74 Å². The van der Waals surface area contributed by atoms with Crippen LogP contribution in [-0.2, 0) is 6.42 Å². The number of hydrogen-bond acceptors (Lipinski definition) is 3. The molecule has 23 heavy (non-hydrogen) atoms. The lowest BCUT2D eigenvalue weighted by atomic mass is 10.0. The quantitative estimate of drug-likeness (QED) is 0.912. The van der Waals surface area contributed by atoms with Crippen LogP contribution in [0.3, 0.4) is 0 Å². The maximum atomic E-state index is 13.0. The van der Waals surface area contributed by atoms with Crippen LogP contribution in [0.5, 0.6) is 5.75 Å². The molecular formula is C17H18FN3O2. The molecule has 0 spiro atoms. The maximum Gasteiger partial charge on any atom is 0.338 e. The number of anilines is 1. The molecule has 2 amide bonds. The monoisotopic (exact) mass is 315 g/mol. The van der Waals surface area contributed by atoms with Gasteiger partial charge in [0.2, 0.25) is 0 Å². The van der Waals surface area contributed by atoms with Crippen molar-refractivity contribution in [3.05, 3.63) is 59.9 Å². The molecule has 3 rings (SSSR count). The number of nitrogens with zero attached hydrogens (tertiary/aromatic N) is 1. The highest BCUT2D eigenvalue weighted by Crippen LogP contribution is 2.23. The minimum Gasteiger partial charge on any atom is -0.497 e. The van der Waals surface area contributed by atoms with Crippen molar-refractivity contribution in [3.8, 4) is 5.75 Å². The van der Waals surface area contributed by atoms with Gasteiger partial charge in [-0.3, -0.25) is 0 Å². The summed E-state index contributed by atoms with van der Waals surface area (Å²) in [6.45, 7) is 1.90. The summed E-state index contributed by atoms with van der Waals surface area (Å²) in [6, 6.07) is 13.2. The van der Waals surface area contributed by atoms with E-state index in [1.54, 1.807) is 19.2 Å². The van der Waals surface area contributed by atoms with Crippen molar-refractivity contribution in [2.24, 2.45) is 0 Å². The van der Waals surface area contributed by atoms with Gasteiger partial charge in [-0.15, -0.1) is 0 Å². The molecule has 0 bridgehead atoms. The largest absolute Gasteiger partial charge is 0.497 e. The zero-order valence-electron chi connectivity index (χ0n) is 13.0. The number of carbonyl (C=O) groups excluding carboxylic acids is 1. The summed E-state index contributed by atoms with van der Waals surface area (Å²) in [6.07, 6.45) is 0.598. The molecule has 5 nitrogen and oxygen atoms in total. The number of halogens is 1.